The summed E-state index contributed by atoms with van der Waals surface area (Å²) < 4.78 is 0. The fourth-order valence-corrected chi connectivity index (χ4v) is 2.49. The molecule has 1 aliphatic carbocycles. The lowest BCUT2D eigenvalue weighted by Crippen LogP contribution is -2.36. The smallest absolute Gasteiger partial charge is 0.264 e. The molecule has 1 saturated heterocycles. The number of nitrogens with zero attached hydrogens (tertiary/aromatic N) is 2. The van der Waals surface area contributed by atoms with E-state index in [-0.39, 0.29) is 11.3 Å². The van der Waals surface area contributed by atoms with Crippen molar-refractivity contribution in [1.29, 1.82) is 0 Å². The van der Waals surface area contributed by atoms with E-state index in [0.29, 0.717) is 5.95 Å². The second-order valence-electron chi connectivity index (χ2n) is 4.88. The van der Waals surface area contributed by atoms with Crippen LogP contribution in [0, 0.1) is 0 Å². The number of carbonyl (C=O) groups excluding carboxylic acids is 2. The van der Waals surface area contributed by atoms with E-state index in [1.807, 2.05) is 4.90 Å². The maximum absolute atomic E-state index is 12.0. The van der Waals surface area contributed by atoms with E-state index in [9.17, 15) is 19.5 Å². The first-order valence-corrected chi connectivity index (χ1v) is 6.47. The van der Waals surface area contributed by atoms with Crippen LogP contribution in [-0.2, 0) is 4.79 Å². The fourth-order valence-electron chi connectivity index (χ4n) is 2.49. The fraction of sp³-hybridized carbons (Fsp3) is 0.385. The summed E-state index contributed by atoms with van der Waals surface area (Å²) in [6.07, 6.45) is 3.93. The number of aliphatic hydroxyl groups is 1. The van der Waals surface area contributed by atoms with Crippen molar-refractivity contribution in [3.05, 3.63) is 27.7 Å². The number of fused-ring (bicyclic) bond motifs is 1. The molecule has 3 rings (SSSR count). The van der Waals surface area contributed by atoms with Crippen LogP contribution in [0.25, 0.3) is 5.76 Å². The lowest BCUT2D eigenvalue weighted by molar-refractivity contribution is -0.111. The average Bonchev–Trinajstić information content (AvgIpc) is 2.45. The summed E-state index contributed by atoms with van der Waals surface area (Å²) in [4.78, 5) is 43.6. The van der Waals surface area contributed by atoms with Gasteiger partial charge in [0.25, 0.3) is 5.56 Å². The van der Waals surface area contributed by atoms with Crippen LogP contribution in [0.15, 0.2) is 10.9 Å². The highest BCUT2D eigenvalue weighted by Crippen LogP contribution is 2.21. The van der Waals surface area contributed by atoms with Crippen LogP contribution in [-0.4, -0.2) is 39.7 Å². The number of carbonyl (C=O) groups is 2. The van der Waals surface area contributed by atoms with E-state index in [1.165, 1.54) is 0 Å². The molecule has 1 aromatic rings. The monoisotopic (exact) mass is 275 g/mol. The number of aromatic amines is 1. The second-order valence-corrected chi connectivity index (χ2v) is 4.88. The summed E-state index contributed by atoms with van der Waals surface area (Å²) in [5.41, 5.74) is -1.18. The molecule has 2 aliphatic rings. The zero-order valence-electron chi connectivity index (χ0n) is 10.7. The van der Waals surface area contributed by atoms with Crippen molar-refractivity contribution in [2.75, 3.05) is 18.0 Å². The van der Waals surface area contributed by atoms with E-state index >= 15 is 0 Å². The maximum atomic E-state index is 12.0. The molecule has 2 N–H and O–H groups in total. The molecule has 104 valence electrons. The number of H-pyrrole nitrogens is 1. The number of aromatic nitrogens is 2. The number of piperidine rings is 1. The Hall–Kier alpha value is -2.44. The quantitative estimate of drug-likeness (QED) is 0.720. The third kappa shape index (κ3) is 1.91. The molecule has 0 amide bonds. The van der Waals surface area contributed by atoms with Gasteiger partial charge in [-0.2, -0.15) is 0 Å². The first-order valence-electron chi connectivity index (χ1n) is 6.47. The molecule has 0 atom stereocenters. The van der Waals surface area contributed by atoms with Crippen LogP contribution in [0.3, 0.4) is 0 Å². The molecule has 1 aliphatic heterocycles. The van der Waals surface area contributed by atoms with Crippen LogP contribution >= 0.6 is 0 Å². The Bertz CT molecular complexity index is 683. The van der Waals surface area contributed by atoms with Gasteiger partial charge in [0.15, 0.2) is 0 Å². The Kier molecular flexibility index (Phi) is 2.89. The average molecular weight is 275 g/mol. The predicted octanol–water partition coefficient (Wildman–Crippen LogP) is 0.424. The van der Waals surface area contributed by atoms with Crippen molar-refractivity contribution in [2.45, 2.75) is 19.3 Å². The largest absolute Gasteiger partial charge is 0.506 e. The third-order valence-corrected chi connectivity index (χ3v) is 3.52. The highest BCUT2D eigenvalue weighted by atomic mass is 16.3. The molecule has 0 aromatic carbocycles. The zero-order chi connectivity index (χ0) is 14.3. The minimum Gasteiger partial charge on any atom is -0.506 e. The molecule has 0 spiro atoms. The van der Waals surface area contributed by atoms with Gasteiger partial charge in [-0.05, 0) is 19.3 Å². The summed E-state index contributed by atoms with van der Waals surface area (Å²) in [5, 5.41) is 9.75. The van der Waals surface area contributed by atoms with Crippen LogP contribution < -0.4 is 10.5 Å². The minimum atomic E-state index is -0.934. The van der Waals surface area contributed by atoms with Gasteiger partial charge in [0.05, 0.1) is 0 Å². The lowest BCUT2D eigenvalue weighted by Gasteiger charge is -2.27. The SMILES string of the molecule is O=C1C=C(O)c2nc(N3CCCCC3)[nH]c(=O)c2C1=O. The summed E-state index contributed by atoms with van der Waals surface area (Å²) in [6.45, 7) is 1.53. The Balaban J connectivity index is 2.12. The molecule has 7 nitrogen and oxygen atoms in total. The topological polar surface area (TPSA) is 103 Å². The van der Waals surface area contributed by atoms with Crippen LogP contribution in [0.5, 0.6) is 0 Å². The van der Waals surface area contributed by atoms with Gasteiger partial charge in [-0.3, -0.25) is 19.4 Å². The summed E-state index contributed by atoms with van der Waals surface area (Å²) >= 11 is 0. The van der Waals surface area contributed by atoms with Crippen molar-refractivity contribution in [2.24, 2.45) is 0 Å². The standard InChI is InChI=1S/C13H13N3O4/c17-7-6-8(18)11(19)9-10(7)14-13(15-12(9)20)16-4-2-1-3-5-16/h6,17H,1-5H2,(H,14,15,20). The van der Waals surface area contributed by atoms with Gasteiger partial charge in [-0.15, -0.1) is 0 Å². The van der Waals surface area contributed by atoms with E-state index in [2.05, 4.69) is 9.97 Å². The number of nitrogens with one attached hydrogen (secondary N) is 1. The van der Waals surface area contributed by atoms with Crippen LogP contribution in [0.4, 0.5) is 5.95 Å². The van der Waals surface area contributed by atoms with Crippen molar-refractivity contribution < 1.29 is 14.7 Å². The van der Waals surface area contributed by atoms with Gasteiger partial charge in [0.1, 0.15) is 17.0 Å². The Morgan fingerprint density at radius 2 is 1.85 bits per heavy atom. The van der Waals surface area contributed by atoms with Gasteiger partial charge in [-0.1, -0.05) is 0 Å². The number of aliphatic hydroxyl groups excluding tert-OH is 1. The maximum Gasteiger partial charge on any atom is 0.264 e. The second kappa shape index (κ2) is 4.59. The number of allylic oxidation sites excluding steroid dienone is 1. The van der Waals surface area contributed by atoms with E-state index in [4.69, 9.17) is 0 Å². The van der Waals surface area contributed by atoms with Gasteiger partial charge in [0.2, 0.25) is 17.5 Å². The highest BCUT2D eigenvalue weighted by molar-refractivity contribution is 6.50. The van der Waals surface area contributed by atoms with Gasteiger partial charge in [0, 0.05) is 19.2 Å². The van der Waals surface area contributed by atoms with Crippen molar-refractivity contribution in [3.63, 3.8) is 0 Å². The molecule has 20 heavy (non-hydrogen) atoms. The van der Waals surface area contributed by atoms with Gasteiger partial charge >= 0.3 is 0 Å². The van der Waals surface area contributed by atoms with E-state index in [1.54, 1.807) is 0 Å². The highest BCUT2D eigenvalue weighted by Gasteiger charge is 2.31. The first-order chi connectivity index (χ1) is 9.58. The molecule has 0 radical (unpaired) electrons. The van der Waals surface area contributed by atoms with E-state index < -0.39 is 22.9 Å². The van der Waals surface area contributed by atoms with Crippen molar-refractivity contribution >= 4 is 23.3 Å². The number of hydrogen-bond acceptors (Lipinski definition) is 6. The van der Waals surface area contributed by atoms with Crippen molar-refractivity contribution in [1.82, 2.24) is 9.97 Å². The predicted molar refractivity (Wildman–Crippen MR) is 70.9 cm³/mol. The van der Waals surface area contributed by atoms with Crippen LogP contribution in [0.2, 0.25) is 0 Å². The Labute approximate surface area is 113 Å². The lowest BCUT2D eigenvalue weighted by atomic mass is 9.99. The zero-order valence-corrected chi connectivity index (χ0v) is 10.7. The molecule has 1 aromatic heterocycles. The molecular weight excluding hydrogens is 262 g/mol. The minimum absolute atomic E-state index is 0.112. The van der Waals surface area contributed by atoms with Gasteiger partial charge < -0.3 is 10.0 Å². The molecule has 1 fully saturated rings. The number of hydrogen-bond donors (Lipinski definition) is 2. The molecule has 2 heterocycles. The summed E-state index contributed by atoms with van der Waals surface area (Å²) in [6, 6.07) is 0. The number of rotatable bonds is 1. The summed E-state index contributed by atoms with van der Waals surface area (Å²) in [7, 11) is 0. The van der Waals surface area contributed by atoms with Crippen molar-refractivity contribution in [3.8, 4) is 0 Å². The number of anilines is 1. The number of Topliss-reactive ketones (excluding diaryl/α,β-unsaturated/α-hetero) is 1. The molecular formula is C13H13N3O4. The number of ketones is 2. The molecule has 0 saturated carbocycles. The van der Waals surface area contributed by atoms with E-state index in [0.717, 1.165) is 38.4 Å². The van der Waals surface area contributed by atoms with Gasteiger partial charge in [-0.25, -0.2) is 4.98 Å². The molecule has 7 heteroatoms. The third-order valence-electron chi connectivity index (χ3n) is 3.52. The summed E-state index contributed by atoms with van der Waals surface area (Å²) in [5.74, 6) is -1.95. The molecule has 0 unspecified atom stereocenters. The molecule has 0 bridgehead atoms. The van der Waals surface area contributed by atoms with Crippen LogP contribution in [0.1, 0.15) is 35.3 Å². The Morgan fingerprint density at radius 1 is 1.15 bits per heavy atom. The first kappa shape index (κ1) is 12.6. The normalized spacial score (nSPS) is 18.8. The Morgan fingerprint density at radius 3 is 2.55 bits per heavy atom.